The standard InChI is InChI=1S/C11H9F5O3/c1-18-6-3-4-7(8(5-6)19-2)9(17)10(12,13)11(14,15)16/h3-5H,1-2H3. The summed E-state index contributed by atoms with van der Waals surface area (Å²) in [6, 6.07) is 2.92. The zero-order valence-electron chi connectivity index (χ0n) is 9.85. The number of carbonyl (C=O) groups excluding carboxylic acids is 1. The Bertz CT molecular complexity index is 482. The third-order valence-electron chi connectivity index (χ3n) is 2.29. The predicted octanol–water partition coefficient (Wildman–Crippen LogP) is 3.08. The van der Waals surface area contributed by atoms with Crippen molar-refractivity contribution in [3.05, 3.63) is 23.8 Å². The Morgan fingerprint density at radius 1 is 1.05 bits per heavy atom. The normalized spacial score (nSPS) is 12.2. The lowest BCUT2D eigenvalue weighted by Crippen LogP contribution is -2.44. The van der Waals surface area contributed by atoms with Crippen LogP contribution in [0, 0.1) is 0 Å². The summed E-state index contributed by atoms with van der Waals surface area (Å²) in [5, 5.41) is 0. The van der Waals surface area contributed by atoms with E-state index in [0.29, 0.717) is 0 Å². The molecule has 0 spiro atoms. The SMILES string of the molecule is COc1ccc(C(=O)C(F)(F)C(F)(F)F)c(OC)c1. The van der Waals surface area contributed by atoms with Crippen LogP contribution in [-0.4, -0.2) is 32.1 Å². The van der Waals surface area contributed by atoms with Crippen molar-refractivity contribution in [2.24, 2.45) is 0 Å². The highest BCUT2D eigenvalue weighted by molar-refractivity contribution is 6.04. The van der Waals surface area contributed by atoms with Gasteiger partial charge in [0.1, 0.15) is 11.5 Å². The van der Waals surface area contributed by atoms with Crippen LogP contribution in [0.4, 0.5) is 22.0 Å². The molecule has 0 amide bonds. The molecule has 0 radical (unpaired) electrons. The molecule has 0 aliphatic carbocycles. The van der Waals surface area contributed by atoms with Gasteiger partial charge >= 0.3 is 12.1 Å². The number of halogens is 5. The van der Waals surface area contributed by atoms with Gasteiger partial charge in [0.25, 0.3) is 0 Å². The zero-order valence-corrected chi connectivity index (χ0v) is 9.85. The number of hydrogen-bond acceptors (Lipinski definition) is 3. The van der Waals surface area contributed by atoms with Gasteiger partial charge < -0.3 is 9.47 Å². The van der Waals surface area contributed by atoms with Crippen LogP contribution < -0.4 is 9.47 Å². The first-order chi connectivity index (χ1) is 8.65. The average molecular weight is 284 g/mol. The van der Waals surface area contributed by atoms with E-state index in [4.69, 9.17) is 4.74 Å². The van der Waals surface area contributed by atoms with Crippen molar-refractivity contribution in [3.8, 4) is 11.5 Å². The first kappa shape index (κ1) is 15.2. The van der Waals surface area contributed by atoms with Gasteiger partial charge in [-0.2, -0.15) is 22.0 Å². The zero-order chi connectivity index (χ0) is 14.8. The van der Waals surface area contributed by atoms with E-state index in [1.807, 2.05) is 0 Å². The molecular formula is C11H9F5O3. The molecule has 1 aromatic carbocycles. The Morgan fingerprint density at radius 3 is 2.05 bits per heavy atom. The predicted molar refractivity (Wildman–Crippen MR) is 54.9 cm³/mol. The van der Waals surface area contributed by atoms with Crippen LogP contribution in [0.5, 0.6) is 11.5 Å². The van der Waals surface area contributed by atoms with Crippen LogP contribution in [0.3, 0.4) is 0 Å². The molecule has 0 aromatic heterocycles. The van der Waals surface area contributed by atoms with E-state index in [-0.39, 0.29) is 5.75 Å². The summed E-state index contributed by atoms with van der Waals surface area (Å²) in [7, 11) is 2.30. The van der Waals surface area contributed by atoms with Gasteiger partial charge in [0.2, 0.25) is 5.78 Å². The molecule has 1 aromatic rings. The Balaban J connectivity index is 3.27. The smallest absolute Gasteiger partial charge is 0.461 e. The molecule has 0 unspecified atom stereocenters. The summed E-state index contributed by atoms with van der Waals surface area (Å²) in [4.78, 5) is 11.3. The fraction of sp³-hybridized carbons (Fsp3) is 0.364. The maximum absolute atomic E-state index is 12.9. The summed E-state index contributed by atoms with van der Waals surface area (Å²) in [6.07, 6.45) is -5.96. The molecule has 0 aliphatic heterocycles. The molecule has 0 saturated carbocycles. The topological polar surface area (TPSA) is 35.5 Å². The minimum absolute atomic E-state index is 0.156. The second-order valence-corrected chi connectivity index (χ2v) is 3.47. The monoisotopic (exact) mass is 284 g/mol. The number of ketones is 1. The summed E-state index contributed by atoms with van der Waals surface area (Å²) in [5.74, 6) is -8.12. The van der Waals surface area contributed by atoms with E-state index >= 15 is 0 Å². The van der Waals surface area contributed by atoms with Crippen LogP contribution in [0.15, 0.2) is 18.2 Å². The molecule has 0 fully saturated rings. The van der Waals surface area contributed by atoms with E-state index in [2.05, 4.69) is 4.74 Å². The summed E-state index contributed by atoms with van der Waals surface area (Å²) in [6.45, 7) is 0. The van der Waals surface area contributed by atoms with Crippen molar-refractivity contribution >= 4 is 5.78 Å². The Labute approximate surface area is 104 Å². The van der Waals surface area contributed by atoms with Gasteiger partial charge in [0.15, 0.2) is 0 Å². The number of Topliss-reactive ketones (excluding diaryl/α,β-unsaturated/α-hetero) is 1. The maximum atomic E-state index is 12.9. The average Bonchev–Trinajstić information content (AvgIpc) is 2.35. The van der Waals surface area contributed by atoms with Crippen LogP contribution >= 0.6 is 0 Å². The minimum Gasteiger partial charge on any atom is -0.497 e. The van der Waals surface area contributed by atoms with Crippen molar-refractivity contribution < 1.29 is 36.2 Å². The summed E-state index contributed by atoms with van der Waals surface area (Å²) < 4.78 is 71.6. The van der Waals surface area contributed by atoms with Crippen molar-refractivity contribution in [3.63, 3.8) is 0 Å². The molecule has 3 nitrogen and oxygen atoms in total. The molecule has 0 saturated heterocycles. The van der Waals surface area contributed by atoms with Crippen LogP contribution in [0.2, 0.25) is 0 Å². The first-order valence-electron chi connectivity index (χ1n) is 4.86. The third-order valence-corrected chi connectivity index (χ3v) is 2.29. The number of alkyl halides is 5. The quantitative estimate of drug-likeness (QED) is 0.629. The van der Waals surface area contributed by atoms with Crippen LogP contribution in [-0.2, 0) is 0 Å². The maximum Gasteiger partial charge on any atom is 0.461 e. The molecule has 106 valence electrons. The molecule has 0 heterocycles. The van der Waals surface area contributed by atoms with Crippen molar-refractivity contribution in [2.45, 2.75) is 12.1 Å². The van der Waals surface area contributed by atoms with Crippen LogP contribution in [0.25, 0.3) is 0 Å². The molecule has 1 rings (SSSR count). The van der Waals surface area contributed by atoms with Gasteiger partial charge in [-0.05, 0) is 12.1 Å². The second-order valence-electron chi connectivity index (χ2n) is 3.47. The van der Waals surface area contributed by atoms with E-state index in [1.165, 1.54) is 7.11 Å². The third kappa shape index (κ3) is 2.77. The lowest BCUT2D eigenvalue weighted by Gasteiger charge is -2.19. The number of carbonyl (C=O) groups is 1. The van der Waals surface area contributed by atoms with Crippen LogP contribution in [0.1, 0.15) is 10.4 Å². The number of ether oxygens (including phenoxy) is 2. The molecule has 8 heteroatoms. The summed E-state index contributed by atoms with van der Waals surface area (Å²) in [5.41, 5.74) is -0.870. The van der Waals surface area contributed by atoms with Gasteiger partial charge in [-0.15, -0.1) is 0 Å². The van der Waals surface area contributed by atoms with Gasteiger partial charge in [0.05, 0.1) is 19.8 Å². The highest BCUT2D eigenvalue weighted by Crippen LogP contribution is 2.40. The molecular weight excluding hydrogens is 275 g/mol. The Morgan fingerprint density at radius 2 is 1.63 bits per heavy atom. The second kappa shape index (κ2) is 5.02. The number of hydrogen-bond donors (Lipinski definition) is 0. The van der Waals surface area contributed by atoms with Gasteiger partial charge in [-0.3, -0.25) is 4.79 Å². The summed E-state index contributed by atoms with van der Waals surface area (Å²) >= 11 is 0. The molecule has 0 atom stereocenters. The largest absolute Gasteiger partial charge is 0.497 e. The highest BCUT2D eigenvalue weighted by atomic mass is 19.4. The van der Waals surface area contributed by atoms with Crippen molar-refractivity contribution in [1.82, 2.24) is 0 Å². The molecule has 19 heavy (non-hydrogen) atoms. The lowest BCUT2D eigenvalue weighted by atomic mass is 10.0. The van der Waals surface area contributed by atoms with E-state index in [1.54, 1.807) is 0 Å². The number of methoxy groups -OCH3 is 2. The Hall–Kier alpha value is -1.86. The van der Waals surface area contributed by atoms with Gasteiger partial charge in [0, 0.05) is 6.07 Å². The highest BCUT2D eigenvalue weighted by Gasteiger charge is 2.63. The Kier molecular flexibility index (Phi) is 4.02. The van der Waals surface area contributed by atoms with E-state index in [9.17, 15) is 26.7 Å². The van der Waals surface area contributed by atoms with Crippen molar-refractivity contribution in [2.75, 3.05) is 14.2 Å². The van der Waals surface area contributed by atoms with E-state index in [0.717, 1.165) is 25.3 Å². The first-order valence-corrected chi connectivity index (χ1v) is 4.86. The van der Waals surface area contributed by atoms with Gasteiger partial charge in [-0.25, -0.2) is 0 Å². The minimum atomic E-state index is -5.96. The number of rotatable bonds is 4. The fourth-order valence-electron chi connectivity index (χ4n) is 1.28. The number of benzene rings is 1. The fourth-order valence-corrected chi connectivity index (χ4v) is 1.28. The molecule has 0 bridgehead atoms. The molecule has 0 aliphatic rings. The van der Waals surface area contributed by atoms with Crippen molar-refractivity contribution in [1.29, 1.82) is 0 Å². The molecule has 0 N–H and O–H groups in total. The van der Waals surface area contributed by atoms with Gasteiger partial charge in [-0.1, -0.05) is 0 Å². The lowest BCUT2D eigenvalue weighted by molar-refractivity contribution is -0.255. The van der Waals surface area contributed by atoms with E-state index < -0.39 is 29.2 Å².